The Balaban J connectivity index is 1.36. The van der Waals surface area contributed by atoms with Crippen LogP contribution in [0.3, 0.4) is 0 Å². The van der Waals surface area contributed by atoms with E-state index in [1.54, 1.807) is 4.90 Å². The molecular formula is C22H32N4O4. The summed E-state index contributed by atoms with van der Waals surface area (Å²) in [5, 5.41) is 4.46. The van der Waals surface area contributed by atoms with Gasteiger partial charge in [0, 0.05) is 37.8 Å². The second-order valence-corrected chi connectivity index (χ2v) is 9.32. The SMILES string of the molecule is O=C(Cc1cc(=O)[nH][nH]c1=O)N1CCC2(CCCN(CCC3CCCCC3)C2=O)C1. The molecule has 3 heterocycles. The monoisotopic (exact) mass is 416 g/mol. The van der Waals surface area contributed by atoms with Crippen molar-refractivity contribution in [3.63, 3.8) is 0 Å². The Labute approximate surface area is 176 Å². The number of carbonyl (C=O) groups excluding carboxylic acids is 2. The lowest BCUT2D eigenvalue weighted by Crippen LogP contribution is -2.51. The molecule has 1 aromatic heterocycles. The molecule has 8 heteroatoms. The average molecular weight is 417 g/mol. The number of aromatic nitrogens is 2. The molecule has 2 N–H and O–H groups in total. The number of hydrogen-bond acceptors (Lipinski definition) is 4. The molecule has 4 rings (SSSR count). The molecule has 1 aliphatic carbocycles. The number of amides is 2. The van der Waals surface area contributed by atoms with Gasteiger partial charge in [-0.1, -0.05) is 32.1 Å². The molecule has 0 aromatic carbocycles. The topological polar surface area (TPSA) is 106 Å². The van der Waals surface area contributed by atoms with Crippen LogP contribution in [0.15, 0.2) is 15.7 Å². The van der Waals surface area contributed by atoms with Crippen molar-refractivity contribution in [3.05, 3.63) is 32.3 Å². The lowest BCUT2D eigenvalue weighted by atomic mass is 9.78. The number of aromatic amines is 2. The van der Waals surface area contributed by atoms with Gasteiger partial charge in [0.2, 0.25) is 11.8 Å². The first-order valence-electron chi connectivity index (χ1n) is 11.3. The molecule has 164 valence electrons. The second kappa shape index (κ2) is 8.78. The normalized spacial score (nSPS) is 25.3. The summed E-state index contributed by atoms with van der Waals surface area (Å²) in [6.07, 6.45) is 10.0. The molecule has 0 radical (unpaired) electrons. The predicted molar refractivity (Wildman–Crippen MR) is 112 cm³/mol. The molecule has 1 saturated carbocycles. The molecule has 1 atom stereocenters. The summed E-state index contributed by atoms with van der Waals surface area (Å²) in [6, 6.07) is 1.17. The van der Waals surface area contributed by atoms with E-state index < -0.39 is 16.5 Å². The first-order valence-corrected chi connectivity index (χ1v) is 11.3. The number of hydrogen-bond donors (Lipinski definition) is 2. The van der Waals surface area contributed by atoms with Crippen LogP contribution in [0.5, 0.6) is 0 Å². The van der Waals surface area contributed by atoms with E-state index in [0.717, 1.165) is 38.3 Å². The molecular weight excluding hydrogens is 384 g/mol. The standard InChI is InChI=1S/C22H32N4O4/c27-18-13-17(20(29)24-23-18)14-19(28)26-12-9-22(15-26)8-4-10-25(21(22)30)11-7-16-5-2-1-3-6-16/h13,16H,1-12,14-15H2,(H,23,27)(H,24,29). The van der Waals surface area contributed by atoms with Crippen LogP contribution in [-0.2, 0) is 16.0 Å². The number of rotatable bonds is 5. The summed E-state index contributed by atoms with van der Waals surface area (Å²) in [7, 11) is 0. The van der Waals surface area contributed by atoms with E-state index >= 15 is 0 Å². The number of nitrogens with one attached hydrogen (secondary N) is 2. The van der Waals surface area contributed by atoms with Crippen molar-refractivity contribution in [1.82, 2.24) is 20.0 Å². The van der Waals surface area contributed by atoms with Crippen molar-refractivity contribution in [1.29, 1.82) is 0 Å². The molecule has 0 bridgehead atoms. The maximum atomic E-state index is 13.3. The molecule has 1 spiro atoms. The van der Waals surface area contributed by atoms with Crippen LogP contribution in [-0.4, -0.2) is 58.0 Å². The van der Waals surface area contributed by atoms with E-state index in [0.29, 0.717) is 19.5 Å². The molecule has 3 fully saturated rings. The highest BCUT2D eigenvalue weighted by Gasteiger charge is 2.49. The minimum Gasteiger partial charge on any atom is -0.342 e. The minimum absolute atomic E-state index is 0.116. The quantitative estimate of drug-likeness (QED) is 0.757. The Morgan fingerprint density at radius 3 is 2.63 bits per heavy atom. The molecule has 8 nitrogen and oxygen atoms in total. The van der Waals surface area contributed by atoms with Gasteiger partial charge in [-0.05, 0) is 31.6 Å². The number of H-pyrrole nitrogens is 2. The third kappa shape index (κ3) is 4.37. The van der Waals surface area contributed by atoms with Gasteiger partial charge in [0.1, 0.15) is 0 Å². The van der Waals surface area contributed by atoms with Gasteiger partial charge in [-0.2, -0.15) is 0 Å². The van der Waals surface area contributed by atoms with Gasteiger partial charge in [-0.15, -0.1) is 0 Å². The third-order valence-electron chi connectivity index (χ3n) is 7.30. The van der Waals surface area contributed by atoms with Crippen LogP contribution in [0.1, 0.15) is 63.4 Å². The van der Waals surface area contributed by atoms with E-state index in [2.05, 4.69) is 10.2 Å². The van der Waals surface area contributed by atoms with Crippen LogP contribution in [0.4, 0.5) is 0 Å². The molecule has 1 aromatic rings. The zero-order valence-corrected chi connectivity index (χ0v) is 17.6. The highest BCUT2D eigenvalue weighted by molar-refractivity contribution is 5.86. The second-order valence-electron chi connectivity index (χ2n) is 9.32. The predicted octanol–water partition coefficient (Wildman–Crippen LogP) is 1.42. The van der Waals surface area contributed by atoms with Crippen LogP contribution in [0, 0.1) is 11.3 Å². The Hall–Kier alpha value is -2.38. The zero-order valence-electron chi connectivity index (χ0n) is 17.6. The number of carbonyl (C=O) groups is 2. The van der Waals surface area contributed by atoms with Crippen LogP contribution < -0.4 is 11.1 Å². The van der Waals surface area contributed by atoms with Gasteiger partial charge >= 0.3 is 0 Å². The summed E-state index contributed by atoms with van der Waals surface area (Å²) in [4.78, 5) is 53.1. The maximum absolute atomic E-state index is 13.3. The Morgan fingerprint density at radius 2 is 1.83 bits per heavy atom. The van der Waals surface area contributed by atoms with Crippen LogP contribution in [0.2, 0.25) is 0 Å². The third-order valence-corrected chi connectivity index (χ3v) is 7.30. The fraction of sp³-hybridized carbons (Fsp3) is 0.727. The van der Waals surface area contributed by atoms with Gasteiger partial charge in [-0.25, -0.2) is 0 Å². The molecule has 2 amide bonds. The largest absolute Gasteiger partial charge is 0.342 e. The zero-order chi connectivity index (χ0) is 21.1. The van der Waals surface area contributed by atoms with E-state index in [1.807, 2.05) is 4.90 Å². The van der Waals surface area contributed by atoms with Crippen molar-refractivity contribution >= 4 is 11.8 Å². The lowest BCUT2D eigenvalue weighted by molar-refractivity contribution is -0.146. The van der Waals surface area contributed by atoms with Gasteiger partial charge in [-0.3, -0.25) is 29.4 Å². The Kier molecular flexibility index (Phi) is 6.11. The van der Waals surface area contributed by atoms with Crippen LogP contribution in [0.25, 0.3) is 0 Å². The number of likely N-dealkylation sites (tertiary alicyclic amines) is 2. The Bertz CT molecular complexity index is 901. The summed E-state index contributed by atoms with van der Waals surface area (Å²) in [5.41, 5.74) is -1.21. The molecule has 2 aliphatic heterocycles. The fourth-order valence-electron chi connectivity index (χ4n) is 5.51. The number of piperidine rings is 1. The first kappa shape index (κ1) is 20.9. The van der Waals surface area contributed by atoms with Crippen molar-refractivity contribution in [2.45, 2.75) is 64.2 Å². The van der Waals surface area contributed by atoms with Gasteiger partial charge < -0.3 is 9.80 Å². The fourth-order valence-corrected chi connectivity index (χ4v) is 5.51. The van der Waals surface area contributed by atoms with E-state index in [9.17, 15) is 19.2 Å². The van der Waals surface area contributed by atoms with Crippen LogP contribution >= 0.6 is 0 Å². The molecule has 2 saturated heterocycles. The van der Waals surface area contributed by atoms with Gasteiger partial charge in [0.05, 0.1) is 11.8 Å². The summed E-state index contributed by atoms with van der Waals surface area (Å²) in [5.74, 6) is 0.752. The van der Waals surface area contributed by atoms with Crippen molar-refractivity contribution in [2.75, 3.05) is 26.2 Å². The van der Waals surface area contributed by atoms with E-state index in [4.69, 9.17) is 0 Å². The highest BCUT2D eigenvalue weighted by atomic mass is 16.2. The summed E-state index contributed by atoms with van der Waals surface area (Å²) >= 11 is 0. The summed E-state index contributed by atoms with van der Waals surface area (Å²) in [6.45, 7) is 2.61. The molecule has 1 unspecified atom stereocenters. The smallest absolute Gasteiger partial charge is 0.266 e. The minimum atomic E-state index is -0.471. The van der Waals surface area contributed by atoms with Gasteiger partial charge in [0.25, 0.3) is 11.1 Å². The van der Waals surface area contributed by atoms with E-state index in [1.165, 1.54) is 38.2 Å². The lowest BCUT2D eigenvalue weighted by Gasteiger charge is -2.40. The van der Waals surface area contributed by atoms with Crippen molar-refractivity contribution < 1.29 is 9.59 Å². The maximum Gasteiger partial charge on any atom is 0.266 e. The molecule has 3 aliphatic rings. The number of nitrogens with zero attached hydrogens (tertiary/aromatic N) is 2. The van der Waals surface area contributed by atoms with E-state index in [-0.39, 0.29) is 23.8 Å². The van der Waals surface area contributed by atoms with Gasteiger partial charge in [0.15, 0.2) is 0 Å². The summed E-state index contributed by atoms with van der Waals surface area (Å²) < 4.78 is 0. The van der Waals surface area contributed by atoms with Crippen molar-refractivity contribution in [2.24, 2.45) is 11.3 Å². The molecule has 30 heavy (non-hydrogen) atoms. The average Bonchev–Trinajstić information content (AvgIpc) is 3.18. The first-order chi connectivity index (χ1) is 14.5. The Morgan fingerprint density at radius 1 is 1.03 bits per heavy atom. The highest BCUT2D eigenvalue weighted by Crippen LogP contribution is 2.40. The van der Waals surface area contributed by atoms with Crippen molar-refractivity contribution in [3.8, 4) is 0 Å².